The number of benzene rings is 4. The van der Waals surface area contributed by atoms with E-state index in [1.807, 2.05) is 60.7 Å². The van der Waals surface area contributed by atoms with Gasteiger partial charge in [0, 0.05) is 29.2 Å². The minimum absolute atomic E-state index is 0.0876. The number of nitrogens with one attached hydrogen (secondary N) is 2. The first kappa shape index (κ1) is 34.0. The largest absolute Gasteiger partial charge is 0.467 e. The molecule has 5 rings (SSSR count). The highest BCUT2D eigenvalue weighted by Gasteiger charge is 2.32. The molecular weight excluding hydrogens is 614 g/mol. The summed E-state index contributed by atoms with van der Waals surface area (Å²) in [5.74, 6) is 3.74. The predicted molar refractivity (Wildman–Crippen MR) is 178 cm³/mol. The minimum atomic E-state index is -2.40. The van der Waals surface area contributed by atoms with Gasteiger partial charge in [0.15, 0.2) is 0 Å². The Bertz CT molecular complexity index is 1770. The van der Waals surface area contributed by atoms with Gasteiger partial charge in [-0.3, -0.25) is 9.59 Å². The fourth-order valence-electron chi connectivity index (χ4n) is 5.72. The van der Waals surface area contributed by atoms with Crippen LogP contribution in [-0.4, -0.2) is 50.6 Å². The normalized spacial score (nSPS) is 13.0. The number of halogens is 2. The Morgan fingerprint density at radius 2 is 1.38 bits per heavy atom. The van der Waals surface area contributed by atoms with E-state index in [-0.39, 0.29) is 25.5 Å². The molecule has 1 aliphatic rings. The zero-order valence-electron chi connectivity index (χ0n) is 26.7. The molecule has 0 saturated heterocycles. The van der Waals surface area contributed by atoms with Crippen molar-refractivity contribution < 1.29 is 32.6 Å². The third-order valence-electron chi connectivity index (χ3n) is 8.25. The van der Waals surface area contributed by atoms with Crippen molar-refractivity contribution in [2.75, 3.05) is 20.3 Å². The molecule has 48 heavy (non-hydrogen) atoms. The summed E-state index contributed by atoms with van der Waals surface area (Å²) in [6, 6.07) is 28.9. The lowest BCUT2D eigenvalue weighted by Gasteiger charge is -2.23. The summed E-state index contributed by atoms with van der Waals surface area (Å²) >= 11 is 0. The summed E-state index contributed by atoms with van der Waals surface area (Å²) in [5, 5.41) is 5.39. The number of rotatable bonds is 12. The van der Waals surface area contributed by atoms with Gasteiger partial charge in [0.2, 0.25) is 0 Å². The summed E-state index contributed by atoms with van der Waals surface area (Å²) in [4.78, 5) is 38.8. The van der Waals surface area contributed by atoms with Crippen LogP contribution < -0.4 is 10.6 Å². The van der Waals surface area contributed by atoms with Crippen molar-refractivity contribution in [3.05, 3.63) is 130 Å². The molecule has 246 valence electrons. The van der Waals surface area contributed by atoms with Crippen LogP contribution in [0.5, 0.6) is 0 Å². The summed E-state index contributed by atoms with van der Waals surface area (Å²) < 4.78 is 35.3. The maximum Gasteiger partial charge on any atom is 0.328 e. The first-order valence-corrected chi connectivity index (χ1v) is 15.7. The molecule has 4 aromatic rings. The Kier molecular flexibility index (Phi) is 11.3. The molecule has 2 atom stereocenters. The quantitative estimate of drug-likeness (QED) is 0.142. The lowest BCUT2D eigenvalue weighted by atomic mass is 9.97. The highest BCUT2D eigenvalue weighted by atomic mass is 19.3. The van der Waals surface area contributed by atoms with Crippen LogP contribution in [0.25, 0.3) is 11.1 Å². The molecule has 2 N–H and O–H groups in total. The minimum Gasteiger partial charge on any atom is -0.467 e. The molecule has 9 heteroatoms. The Balaban J connectivity index is 1.15. The molecule has 1 aliphatic carbocycles. The van der Waals surface area contributed by atoms with Crippen molar-refractivity contribution in [2.24, 2.45) is 5.92 Å². The first-order valence-electron chi connectivity index (χ1n) is 15.7. The van der Waals surface area contributed by atoms with Crippen LogP contribution in [0.15, 0.2) is 97.1 Å². The van der Waals surface area contributed by atoms with E-state index in [9.17, 15) is 23.2 Å². The Morgan fingerprint density at radius 3 is 1.94 bits per heavy atom. The predicted octanol–water partition coefficient (Wildman–Crippen LogP) is 6.09. The van der Waals surface area contributed by atoms with E-state index in [4.69, 9.17) is 9.47 Å². The number of esters is 2. The summed E-state index contributed by atoms with van der Waals surface area (Å²) in [6.45, 7) is 1.83. The van der Waals surface area contributed by atoms with Crippen molar-refractivity contribution >= 4 is 17.8 Å². The van der Waals surface area contributed by atoms with Crippen LogP contribution in [0, 0.1) is 17.8 Å². The number of hydrogen-bond donors (Lipinski definition) is 2. The van der Waals surface area contributed by atoms with Crippen molar-refractivity contribution in [1.82, 2.24) is 10.6 Å². The number of carbonyl (C=O) groups excluding carboxylic acids is 3. The molecule has 0 aromatic heterocycles. The molecule has 0 fully saturated rings. The molecule has 0 unspecified atom stereocenters. The smallest absolute Gasteiger partial charge is 0.328 e. The molecule has 1 amide bonds. The van der Waals surface area contributed by atoms with Crippen LogP contribution in [0.4, 0.5) is 8.78 Å². The van der Waals surface area contributed by atoms with Crippen molar-refractivity contribution in [1.29, 1.82) is 0 Å². The van der Waals surface area contributed by atoms with Gasteiger partial charge in [0.05, 0.1) is 20.1 Å². The van der Waals surface area contributed by atoms with Crippen LogP contribution in [0.2, 0.25) is 0 Å². The van der Waals surface area contributed by atoms with E-state index in [1.54, 1.807) is 31.2 Å². The average molecular weight is 651 g/mol. The highest BCUT2D eigenvalue weighted by molar-refractivity contribution is 5.97. The third-order valence-corrected chi connectivity index (χ3v) is 8.25. The number of hydrogen-bond acceptors (Lipinski definition) is 6. The number of methoxy groups -OCH3 is 1. The topological polar surface area (TPSA) is 93.7 Å². The van der Waals surface area contributed by atoms with Gasteiger partial charge in [0.25, 0.3) is 12.3 Å². The van der Waals surface area contributed by atoms with Gasteiger partial charge >= 0.3 is 11.9 Å². The molecule has 0 saturated carbocycles. The van der Waals surface area contributed by atoms with E-state index in [0.29, 0.717) is 17.7 Å². The average Bonchev–Trinajstić information content (AvgIpc) is 3.42. The van der Waals surface area contributed by atoms with E-state index >= 15 is 0 Å². The van der Waals surface area contributed by atoms with Crippen molar-refractivity contribution in [3.63, 3.8) is 0 Å². The zero-order chi connectivity index (χ0) is 34.0. The third kappa shape index (κ3) is 8.52. The fraction of sp³-hybridized carbons (Fsp3) is 0.256. The van der Waals surface area contributed by atoms with Crippen LogP contribution in [-0.2, 0) is 25.6 Å². The van der Waals surface area contributed by atoms with Gasteiger partial charge in [-0.2, -0.15) is 0 Å². The number of amides is 1. The Hall–Kier alpha value is -5.33. The first-order chi connectivity index (χ1) is 23.2. The Labute approximate surface area is 278 Å². The SMILES string of the molecule is COC(=O)[C@@H](NC(=O)c1ccc(C#Cc2ccc(CNCC(F)F)cc2)cc1)[C@@H](C)CC(=O)OCC1c2ccccc2-c2ccccc21. The van der Waals surface area contributed by atoms with Gasteiger partial charge in [-0.25, -0.2) is 13.6 Å². The zero-order valence-corrected chi connectivity index (χ0v) is 26.7. The van der Waals surface area contributed by atoms with Crippen molar-refractivity contribution in [3.8, 4) is 23.0 Å². The van der Waals surface area contributed by atoms with E-state index in [2.05, 4.69) is 34.6 Å². The number of carbonyl (C=O) groups is 3. The second-order valence-electron chi connectivity index (χ2n) is 11.6. The maximum atomic E-state index is 13.1. The van der Waals surface area contributed by atoms with Crippen LogP contribution in [0.1, 0.15) is 57.4 Å². The maximum absolute atomic E-state index is 13.1. The number of ether oxygens (including phenoxy) is 2. The van der Waals surface area contributed by atoms with Gasteiger partial charge < -0.3 is 20.1 Å². The standard InChI is InChI=1S/C39H36F2N2O5/c1-25(21-36(44)48-24-34-32-9-5-3-7-30(32)31-8-4-6-10-33(31)34)37(39(46)47-2)43-38(45)29-19-17-27(18-20-29)12-11-26-13-15-28(16-14-26)22-42-23-35(40)41/h3-10,13-20,25,34-35,37,42H,21-24H2,1-2H3,(H,43,45)/t25-,37-/m0/s1. The molecule has 0 bridgehead atoms. The molecule has 0 heterocycles. The molecular formula is C39H36F2N2O5. The number of fused-ring (bicyclic) bond motifs is 3. The summed E-state index contributed by atoms with van der Waals surface area (Å²) in [6.07, 6.45) is -2.50. The lowest BCUT2D eigenvalue weighted by molar-refractivity contribution is -0.147. The lowest BCUT2D eigenvalue weighted by Crippen LogP contribution is -2.46. The molecule has 0 spiro atoms. The fourth-order valence-corrected chi connectivity index (χ4v) is 5.72. The van der Waals surface area contributed by atoms with Gasteiger partial charge in [-0.05, 0) is 70.1 Å². The van der Waals surface area contributed by atoms with Gasteiger partial charge in [0.1, 0.15) is 12.6 Å². The summed E-state index contributed by atoms with van der Waals surface area (Å²) in [5.41, 5.74) is 7.06. The van der Waals surface area contributed by atoms with Crippen LogP contribution >= 0.6 is 0 Å². The number of alkyl halides is 2. The second-order valence-corrected chi connectivity index (χ2v) is 11.6. The van der Waals surface area contributed by atoms with Crippen molar-refractivity contribution in [2.45, 2.75) is 38.3 Å². The summed E-state index contributed by atoms with van der Waals surface area (Å²) in [7, 11) is 1.23. The molecule has 0 aliphatic heterocycles. The highest BCUT2D eigenvalue weighted by Crippen LogP contribution is 2.44. The molecule has 4 aromatic carbocycles. The monoisotopic (exact) mass is 650 g/mol. The molecule has 7 nitrogen and oxygen atoms in total. The van der Waals surface area contributed by atoms with E-state index in [0.717, 1.165) is 33.4 Å². The van der Waals surface area contributed by atoms with Gasteiger partial charge in [-0.15, -0.1) is 0 Å². The second kappa shape index (κ2) is 16.0. The van der Waals surface area contributed by atoms with Crippen LogP contribution in [0.3, 0.4) is 0 Å². The van der Waals surface area contributed by atoms with E-state index in [1.165, 1.54) is 7.11 Å². The van der Waals surface area contributed by atoms with E-state index < -0.39 is 36.2 Å². The Morgan fingerprint density at radius 1 is 0.812 bits per heavy atom. The molecule has 0 radical (unpaired) electrons. The van der Waals surface area contributed by atoms with Gasteiger partial charge in [-0.1, -0.05) is 79.4 Å².